The molecule has 0 aromatic carbocycles. The summed E-state index contributed by atoms with van der Waals surface area (Å²) in [6.07, 6.45) is 4.86. The highest BCUT2D eigenvalue weighted by Gasteiger charge is 2.06. The van der Waals surface area contributed by atoms with Crippen molar-refractivity contribution in [2.75, 3.05) is 5.32 Å². The predicted molar refractivity (Wildman–Crippen MR) is 63.8 cm³/mol. The van der Waals surface area contributed by atoms with Gasteiger partial charge in [0, 0.05) is 6.04 Å². The summed E-state index contributed by atoms with van der Waals surface area (Å²) < 4.78 is 0. The maximum absolute atomic E-state index is 10.6. The molecule has 0 saturated carbocycles. The molecule has 0 fully saturated rings. The molecule has 0 aliphatic heterocycles. The topological polar surface area (TPSA) is 62.2 Å². The molecule has 1 aromatic rings. The quantitative estimate of drug-likeness (QED) is 0.777. The first kappa shape index (κ1) is 12.5. The minimum absolute atomic E-state index is 0.0779. The molecule has 2 N–H and O–H groups in total. The van der Waals surface area contributed by atoms with Gasteiger partial charge in [0.05, 0.1) is 11.9 Å². The van der Waals surface area contributed by atoms with Crippen molar-refractivity contribution in [2.45, 2.75) is 39.2 Å². The molecule has 1 atom stereocenters. The van der Waals surface area contributed by atoms with Crippen molar-refractivity contribution in [3.63, 3.8) is 0 Å². The minimum Gasteiger partial charge on any atom is -0.477 e. The van der Waals surface area contributed by atoms with E-state index < -0.39 is 5.97 Å². The molecule has 0 spiro atoms. The Labute approximate surface area is 95.7 Å². The first-order valence-electron chi connectivity index (χ1n) is 5.63. The van der Waals surface area contributed by atoms with Crippen LogP contribution in [0.5, 0.6) is 0 Å². The van der Waals surface area contributed by atoms with Gasteiger partial charge < -0.3 is 10.4 Å². The van der Waals surface area contributed by atoms with E-state index in [-0.39, 0.29) is 5.69 Å². The van der Waals surface area contributed by atoms with Gasteiger partial charge >= 0.3 is 5.97 Å². The number of anilines is 1. The molecule has 1 heterocycles. The van der Waals surface area contributed by atoms with Gasteiger partial charge in [-0.1, -0.05) is 20.3 Å². The molecule has 88 valence electrons. The molecule has 0 radical (unpaired) electrons. The van der Waals surface area contributed by atoms with Crippen molar-refractivity contribution in [1.82, 2.24) is 4.98 Å². The number of rotatable bonds is 6. The lowest BCUT2D eigenvalue weighted by Crippen LogP contribution is -2.18. The van der Waals surface area contributed by atoms with E-state index in [9.17, 15) is 4.79 Å². The molecule has 1 rings (SSSR count). The number of carboxylic acid groups (broad SMARTS) is 1. The Kier molecular flexibility index (Phi) is 4.76. The van der Waals surface area contributed by atoms with Crippen molar-refractivity contribution in [2.24, 2.45) is 0 Å². The highest BCUT2D eigenvalue weighted by atomic mass is 16.4. The fourth-order valence-corrected chi connectivity index (χ4v) is 1.57. The Morgan fingerprint density at radius 2 is 2.25 bits per heavy atom. The Balaban J connectivity index is 2.63. The van der Waals surface area contributed by atoms with Gasteiger partial charge in [0.2, 0.25) is 0 Å². The Hall–Kier alpha value is -1.58. The number of hydrogen-bond donors (Lipinski definition) is 2. The number of carboxylic acids is 1. The highest BCUT2D eigenvalue weighted by molar-refractivity contribution is 5.85. The van der Waals surface area contributed by atoms with Gasteiger partial charge in [-0.15, -0.1) is 0 Å². The summed E-state index contributed by atoms with van der Waals surface area (Å²) in [4.78, 5) is 14.5. The van der Waals surface area contributed by atoms with E-state index in [0.29, 0.717) is 6.04 Å². The van der Waals surface area contributed by atoms with Crippen LogP contribution in [0.4, 0.5) is 5.69 Å². The van der Waals surface area contributed by atoms with E-state index in [1.165, 1.54) is 6.07 Å². The summed E-state index contributed by atoms with van der Waals surface area (Å²) in [7, 11) is 0. The highest BCUT2D eigenvalue weighted by Crippen LogP contribution is 2.12. The SMILES string of the molecule is CCCC(CC)Nc1ccc(C(=O)O)nc1. The second-order valence-electron chi connectivity index (χ2n) is 3.78. The van der Waals surface area contributed by atoms with Crippen molar-refractivity contribution in [1.29, 1.82) is 0 Å². The second kappa shape index (κ2) is 6.10. The number of aromatic carboxylic acids is 1. The van der Waals surface area contributed by atoms with Crippen LogP contribution < -0.4 is 5.32 Å². The van der Waals surface area contributed by atoms with Crippen LogP contribution in [-0.2, 0) is 0 Å². The predicted octanol–water partition coefficient (Wildman–Crippen LogP) is 2.77. The van der Waals surface area contributed by atoms with E-state index >= 15 is 0 Å². The van der Waals surface area contributed by atoms with E-state index in [4.69, 9.17) is 5.11 Å². The zero-order valence-corrected chi connectivity index (χ0v) is 9.73. The number of pyridine rings is 1. The molecule has 4 nitrogen and oxygen atoms in total. The van der Waals surface area contributed by atoms with Gasteiger partial charge in [-0.25, -0.2) is 9.78 Å². The standard InChI is InChI=1S/C12H18N2O2/c1-3-5-9(4-2)14-10-6-7-11(12(15)16)13-8-10/h6-9,14H,3-5H2,1-2H3,(H,15,16). The molecular formula is C12H18N2O2. The smallest absolute Gasteiger partial charge is 0.354 e. The zero-order chi connectivity index (χ0) is 12.0. The number of nitrogens with one attached hydrogen (secondary N) is 1. The van der Waals surface area contributed by atoms with E-state index in [2.05, 4.69) is 24.1 Å². The third-order valence-corrected chi connectivity index (χ3v) is 2.48. The molecule has 1 unspecified atom stereocenters. The molecule has 4 heteroatoms. The van der Waals surface area contributed by atoms with Crippen molar-refractivity contribution in [3.8, 4) is 0 Å². The molecule has 0 aliphatic carbocycles. The largest absolute Gasteiger partial charge is 0.477 e. The fourth-order valence-electron chi connectivity index (χ4n) is 1.57. The first-order valence-corrected chi connectivity index (χ1v) is 5.63. The molecule has 0 aliphatic rings. The van der Waals surface area contributed by atoms with Crippen LogP contribution in [0.25, 0.3) is 0 Å². The van der Waals surface area contributed by atoms with Gasteiger partial charge in [-0.05, 0) is 25.0 Å². The lowest BCUT2D eigenvalue weighted by molar-refractivity contribution is 0.0690. The van der Waals surface area contributed by atoms with Crippen LogP contribution in [0, 0.1) is 0 Å². The maximum Gasteiger partial charge on any atom is 0.354 e. The summed E-state index contributed by atoms with van der Waals surface area (Å²) in [5, 5.41) is 12.0. The normalized spacial score (nSPS) is 12.1. The summed E-state index contributed by atoms with van der Waals surface area (Å²) >= 11 is 0. The molecule has 16 heavy (non-hydrogen) atoms. The Bertz CT molecular complexity index is 335. The summed E-state index contributed by atoms with van der Waals surface area (Å²) in [6, 6.07) is 3.71. The van der Waals surface area contributed by atoms with Crippen LogP contribution in [0.2, 0.25) is 0 Å². The Morgan fingerprint density at radius 3 is 2.69 bits per heavy atom. The van der Waals surface area contributed by atoms with Gasteiger partial charge in [-0.2, -0.15) is 0 Å². The summed E-state index contributed by atoms with van der Waals surface area (Å²) in [5.74, 6) is -0.993. The zero-order valence-electron chi connectivity index (χ0n) is 9.73. The molecule has 0 bridgehead atoms. The average Bonchev–Trinajstić information content (AvgIpc) is 2.29. The monoisotopic (exact) mass is 222 g/mol. The van der Waals surface area contributed by atoms with Gasteiger partial charge in [0.15, 0.2) is 0 Å². The molecule has 0 amide bonds. The number of aromatic nitrogens is 1. The Morgan fingerprint density at radius 1 is 1.50 bits per heavy atom. The second-order valence-corrected chi connectivity index (χ2v) is 3.78. The van der Waals surface area contributed by atoms with E-state index in [0.717, 1.165) is 24.9 Å². The molecule has 0 saturated heterocycles. The summed E-state index contributed by atoms with van der Waals surface area (Å²) in [5.41, 5.74) is 0.958. The number of hydrogen-bond acceptors (Lipinski definition) is 3. The average molecular weight is 222 g/mol. The third kappa shape index (κ3) is 3.53. The van der Waals surface area contributed by atoms with Gasteiger partial charge in [0.25, 0.3) is 0 Å². The first-order chi connectivity index (χ1) is 7.67. The van der Waals surface area contributed by atoms with Crippen molar-refractivity contribution < 1.29 is 9.90 Å². The van der Waals surface area contributed by atoms with Crippen LogP contribution >= 0.6 is 0 Å². The maximum atomic E-state index is 10.6. The van der Waals surface area contributed by atoms with E-state index in [1.807, 2.05) is 0 Å². The lowest BCUT2D eigenvalue weighted by Gasteiger charge is -2.17. The van der Waals surface area contributed by atoms with Crippen molar-refractivity contribution >= 4 is 11.7 Å². The lowest BCUT2D eigenvalue weighted by atomic mass is 10.1. The fraction of sp³-hybridized carbons (Fsp3) is 0.500. The summed E-state index contributed by atoms with van der Waals surface area (Å²) in [6.45, 7) is 4.28. The van der Waals surface area contributed by atoms with Crippen LogP contribution in [0.3, 0.4) is 0 Å². The van der Waals surface area contributed by atoms with Crippen LogP contribution in [0.1, 0.15) is 43.6 Å². The third-order valence-electron chi connectivity index (χ3n) is 2.48. The van der Waals surface area contributed by atoms with Crippen LogP contribution in [-0.4, -0.2) is 22.1 Å². The minimum atomic E-state index is -0.993. The van der Waals surface area contributed by atoms with Crippen LogP contribution in [0.15, 0.2) is 18.3 Å². The number of nitrogens with zero attached hydrogens (tertiary/aromatic N) is 1. The van der Waals surface area contributed by atoms with Gasteiger partial charge in [-0.3, -0.25) is 0 Å². The van der Waals surface area contributed by atoms with Crippen molar-refractivity contribution in [3.05, 3.63) is 24.0 Å². The van der Waals surface area contributed by atoms with Gasteiger partial charge in [0.1, 0.15) is 5.69 Å². The van der Waals surface area contributed by atoms with E-state index in [1.54, 1.807) is 12.3 Å². The molecular weight excluding hydrogens is 204 g/mol. The molecule has 1 aromatic heterocycles. The number of carbonyl (C=O) groups is 1.